The van der Waals surface area contributed by atoms with Crippen LogP contribution in [0.15, 0.2) is 54.2 Å². The van der Waals surface area contributed by atoms with Gasteiger partial charge in [0.2, 0.25) is 0 Å². The number of rotatable bonds is 10. The average Bonchev–Trinajstić information content (AvgIpc) is 2.76. The number of ether oxygens (including phenoxy) is 1. The topological polar surface area (TPSA) is 59.8 Å². The van der Waals surface area contributed by atoms with Crippen molar-refractivity contribution in [2.75, 3.05) is 31.2 Å². The molecule has 1 aromatic heterocycles. The summed E-state index contributed by atoms with van der Waals surface area (Å²) in [6.45, 7) is 6.75. The Kier molecular flexibility index (Phi) is 8.31. The van der Waals surface area contributed by atoms with Crippen molar-refractivity contribution >= 4 is 23.6 Å². The maximum atomic E-state index is 5.87. The standard InChI is InChI=1S/C22H27ClN4O2/c1-2-15-29-24-17-19-5-7-20(8-6-19)28-16-3-4-18-11-13-27(14-12-18)22-10-9-21(23)25-26-22/h2,5-10,17-18H,1,3-4,11-16H2. The number of nitrogens with zero attached hydrogens (tertiary/aromatic N) is 4. The van der Waals surface area contributed by atoms with Gasteiger partial charge in [-0.05, 0) is 73.6 Å². The lowest BCUT2D eigenvalue weighted by atomic mass is 9.92. The number of halogens is 1. The van der Waals surface area contributed by atoms with Crippen LogP contribution in [0.3, 0.4) is 0 Å². The van der Waals surface area contributed by atoms with Crippen molar-refractivity contribution in [2.45, 2.75) is 25.7 Å². The number of piperidine rings is 1. The van der Waals surface area contributed by atoms with E-state index in [9.17, 15) is 0 Å². The van der Waals surface area contributed by atoms with Gasteiger partial charge in [-0.2, -0.15) is 0 Å². The average molecular weight is 415 g/mol. The Labute approximate surface area is 177 Å². The summed E-state index contributed by atoms with van der Waals surface area (Å²) in [7, 11) is 0. The predicted octanol–water partition coefficient (Wildman–Crippen LogP) is 4.74. The molecule has 2 aromatic rings. The molecule has 1 aliphatic rings. The molecule has 0 radical (unpaired) electrons. The molecular formula is C22H27ClN4O2. The van der Waals surface area contributed by atoms with Crippen LogP contribution in [0.2, 0.25) is 5.15 Å². The van der Waals surface area contributed by atoms with Crippen LogP contribution in [0.25, 0.3) is 0 Å². The van der Waals surface area contributed by atoms with Gasteiger partial charge >= 0.3 is 0 Å². The molecule has 29 heavy (non-hydrogen) atoms. The van der Waals surface area contributed by atoms with Gasteiger partial charge < -0.3 is 14.5 Å². The summed E-state index contributed by atoms with van der Waals surface area (Å²) in [5, 5.41) is 12.4. The Balaban J connectivity index is 1.31. The van der Waals surface area contributed by atoms with Crippen LogP contribution < -0.4 is 9.64 Å². The Morgan fingerprint density at radius 1 is 1.14 bits per heavy atom. The van der Waals surface area contributed by atoms with Gasteiger partial charge in [0.25, 0.3) is 0 Å². The fourth-order valence-electron chi connectivity index (χ4n) is 3.33. The quantitative estimate of drug-likeness (QED) is 0.243. The lowest BCUT2D eigenvalue weighted by Crippen LogP contribution is -2.34. The van der Waals surface area contributed by atoms with E-state index in [-0.39, 0.29) is 0 Å². The van der Waals surface area contributed by atoms with E-state index in [2.05, 4.69) is 26.8 Å². The smallest absolute Gasteiger partial charge is 0.151 e. The van der Waals surface area contributed by atoms with Gasteiger partial charge in [0.1, 0.15) is 12.4 Å². The molecule has 1 aliphatic heterocycles. The molecule has 3 rings (SSSR count). The molecular weight excluding hydrogens is 388 g/mol. The first-order chi connectivity index (χ1) is 14.2. The zero-order chi connectivity index (χ0) is 20.3. The van der Waals surface area contributed by atoms with E-state index < -0.39 is 0 Å². The van der Waals surface area contributed by atoms with Crippen molar-refractivity contribution in [3.05, 3.63) is 59.8 Å². The van der Waals surface area contributed by atoms with Crippen molar-refractivity contribution < 1.29 is 9.57 Å². The minimum atomic E-state index is 0.409. The van der Waals surface area contributed by atoms with E-state index >= 15 is 0 Å². The van der Waals surface area contributed by atoms with Gasteiger partial charge in [-0.15, -0.1) is 10.2 Å². The van der Waals surface area contributed by atoms with E-state index in [4.69, 9.17) is 21.2 Å². The summed E-state index contributed by atoms with van der Waals surface area (Å²) < 4.78 is 5.87. The second kappa shape index (κ2) is 11.4. The van der Waals surface area contributed by atoms with E-state index in [0.29, 0.717) is 11.8 Å². The normalized spacial score (nSPS) is 14.9. The van der Waals surface area contributed by atoms with Crippen molar-refractivity contribution in [2.24, 2.45) is 11.1 Å². The molecule has 1 aromatic carbocycles. The molecule has 2 heterocycles. The Hall–Kier alpha value is -2.60. The highest BCUT2D eigenvalue weighted by Crippen LogP contribution is 2.25. The van der Waals surface area contributed by atoms with Crippen LogP contribution >= 0.6 is 11.6 Å². The summed E-state index contributed by atoms with van der Waals surface area (Å²) in [5.74, 6) is 2.53. The monoisotopic (exact) mass is 414 g/mol. The first kappa shape index (κ1) is 21.1. The summed E-state index contributed by atoms with van der Waals surface area (Å²) in [6.07, 6.45) is 7.93. The Morgan fingerprint density at radius 2 is 1.93 bits per heavy atom. The lowest BCUT2D eigenvalue weighted by molar-refractivity contribution is 0.176. The van der Waals surface area contributed by atoms with Crippen molar-refractivity contribution in [3.63, 3.8) is 0 Å². The highest BCUT2D eigenvalue weighted by molar-refractivity contribution is 6.29. The van der Waals surface area contributed by atoms with Gasteiger partial charge in [0.05, 0.1) is 12.8 Å². The number of oxime groups is 1. The third-order valence-corrected chi connectivity index (χ3v) is 5.13. The Morgan fingerprint density at radius 3 is 2.62 bits per heavy atom. The molecule has 0 aliphatic carbocycles. The van der Waals surface area contributed by atoms with Crippen LogP contribution in [0.1, 0.15) is 31.2 Å². The predicted molar refractivity (Wildman–Crippen MR) is 117 cm³/mol. The fraction of sp³-hybridized carbons (Fsp3) is 0.409. The highest BCUT2D eigenvalue weighted by atomic mass is 35.5. The minimum absolute atomic E-state index is 0.409. The minimum Gasteiger partial charge on any atom is -0.494 e. The Bertz CT molecular complexity index is 772. The van der Waals surface area contributed by atoms with E-state index in [0.717, 1.165) is 49.2 Å². The second-order valence-corrected chi connectivity index (χ2v) is 7.41. The SMILES string of the molecule is C=CCON=Cc1ccc(OCCCC2CCN(c3ccc(Cl)nn3)CC2)cc1. The number of hydrogen-bond acceptors (Lipinski definition) is 6. The second-order valence-electron chi connectivity index (χ2n) is 7.02. The molecule has 1 saturated heterocycles. The van der Waals surface area contributed by atoms with Crippen molar-refractivity contribution in [1.29, 1.82) is 0 Å². The molecule has 0 unspecified atom stereocenters. The van der Waals surface area contributed by atoms with E-state index in [1.165, 1.54) is 19.3 Å². The number of hydrogen-bond donors (Lipinski definition) is 0. The maximum absolute atomic E-state index is 5.87. The summed E-state index contributed by atoms with van der Waals surface area (Å²) in [6, 6.07) is 11.6. The summed E-state index contributed by atoms with van der Waals surface area (Å²) in [4.78, 5) is 7.28. The highest BCUT2D eigenvalue weighted by Gasteiger charge is 2.20. The zero-order valence-corrected chi connectivity index (χ0v) is 17.3. The first-order valence-electron chi connectivity index (χ1n) is 9.98. The lowest BCUT2D eigenvalue weighted by Gasteiger charge is -2.32. The molecule has 7 heteroatoms. The van der Waals surface area contributed by atoms with Gasteiger partial charge in [0.15, 0.2) is 11.0 Å². The molecule has 0 bridgehead atoms. The molecule has 0 amide bonds. The summed E-state index contributed by atoms with van der Waals surface area (Å²) >= 11 is 5.81. The molecule has 1 fully saturated rings. The van der Waals surface area contributed by atoms with Gasteiger partial charge in [-0.1, -0.05) is 29.4 Å². The molecule has 0 atom stereocenters. The molecule has 0 spiro atoms. The largest absolute Gasteiger partial charge is 0.494 e. The number of benzene rings is 1. The fourth-order valence-corrected chi connectivity index (χ4v) is 3.44. The van der Waals surface area contributed by atoms with Crippen LogP contribution in [-0.2, 0) is 4.84 Å². The van der Waals surface area contributed by atoms with Gasteiger partial charge in [-0.25, -0.2) is 0 Å². The molecule has 154 valence electrons. The van der Waals surface area contributed by atoms with Crippen LogP contribution in [0, 0.1) is 5.92 Å². The maximum Gasteiger partial charge on any atom is 0.151 e. The zero-order valence-electron chi connectivity index (χ0n) is 16.5. The van der Waals surface area contributed by atoms with Crippen LogP contribution in [0.5, 0.6) is 5.75 Å². The number of aromatic nitrogens is 2. The molecule has 0 N–H and O–H groups in total. The molecule has 0 saturated carbocycles. The number of anilines is 1. The van der Waals surface area contributed by atoms with Gasteiger partial charge in [-0.3, -0.25) is 0 Å². The third-order valence-electron chi connectivity index (χ3n) is 4.93. The van der Waals surface area contributed by atoms with Crippen molar-refractivity contribution in [3.8, 4) is 5.75 Å². The summed E-state index contributed by atoms with van der Waals surface area (Å²) in [5.41, 5.74) is 0.971. The van der Waals surface area contributed by atoms with Crippen LogP contribution in [0.4, 0.5) is 5.82 Å². The molecule has 6 nitrogen and oxygen atoms in total. The van der Waals surface area contributed by atoms with E-state index in [1.54, 1.807) is 18.4 Å². The van der Waals surface area contributed by atoms with Gasteiger partial charge in [0, 0.05) is 13.1 Å². The van der Waals surface area contributed by atoms with E-state index in [1.807, 2.05) is 30.3 Å². The van der Waals surface area contributed by atoms with Crippen LogP contribution in [-0.4, -0.2) is 42.7 Å². The van der Waals surface area contributed by atoms with Crippen molar-refractivity contribution in [1.82, 2.24) is 10.2 Å². The third kappa shape index (κ3) is 7.06. The first-order valence-corrected chi connectivity index (χ1v) is 10.4.